The summed E-state index contributed by atoms with van der Waals surface area (Å²) in [4.78, 5) is 9.71. The predicted octanol–water partition coefficient (Wildman–Crippen LogP) is 0.237. The highest BCUT2D eigenvalue weighted by atomic mass is 16.6. The van der Waals surface area contributed by atoms with Gasteiger partial charge in [-0.05, 0) is 10.8 Å². The van der Waals surface area contributed by atoms with Crippen molar-refractivity contribution >= 4 is 5.95 Å². The Bertz CT molecular complexity index is 281. The molecule has 7 nitrogen and oxygen atoms in total. The van der Waals surface area contributed by atoms with Crippen molar-refractivity contribution in [1.29, 1.82) is 0 Å². The van der Waals surface area contributed by atoms with Crippen molar-refractivity contribution in [2.75, 3.05) is 0 Å². The van der Waals surface area contributed by atoms with Crippen LogP contribution in [0.4, 0.5) is 5.95 Å². The van der Waals surface area contributed by atoms with Crippen molar-refractivity contribution in [1.82, 2.24) is 20.2 Å². The fraction of sp³-hybridized carbons (Fsp3) is 0.800. The van der Waals surface area contributed by atoms with Crippen molar-refractivity contribution in [3.05, 3.63) is 10.1 Å². The molecule has 1 rings (SSSR count). The first-order chi connectivity index (χ1) is 5.61. The van der Waals surface area contributed by atoms with E-state index < -0.39 is 4.92 Å². The van der Waals surface area contributed by atoms with Crippen LogP contribution >= 0.6 is 0 Å². The van der Waals surface area contributed by atoms with E-state index in [0.29, 0.717) is 6.54 Å². The van der Waals surface area contributed by atoms with E-state index in [9.17, 15) is 10.1 Å². The summed E-state index contributed by atoms with van der Waals surface area (Å²) in [5, 5.41) is 20.3. The zero-order valence-electron chi connectivity index (χ0n) is 6.84. The molecule has 0 atom stereocenters. The van der Waals surface area contributed by atoms with Crippen LogP contribution in [0.5, 0.6) is 0 Å². The standard InChI is InChI=1S/C5H9N5O2/c1-4(2)3-9-5(10(11)12)6-7-8-9/h4H,3H2,1-2H3. The second kappa shape index (κ2) is 3.24. The van der Waals surface area contributed by atoms with Gasteiger partial charge in [0.2, 0.25) is 0 Å². The van der Waals surface area contributed by atoms with Crippen molar-refractivity contribution in [3.63, 3.8) is 0 Å². The molecule has 0 radical (unpaired) electrons. The van der Waals surface area contributed by atoms with Gasteiger partial charge in [0, 0.05) is 5.21 Å². The van der Waals surface area contributed by atoms with Gasteiger partial charge in [0.1, 0.15) is 0 Å². The van der Waals surface area contributed by atoms with Crippen LogP contribution in [-0.2, 0) is 6.54 Å². The van der Waals surface area contributed by atoms with Gasteiger partial charge in [0.15, 0.2) is 0 Å². The van der Waals surface area contributed by atoms with Crippen molar-refractivity contribution in [2.24, 2.45) is 5.92 Å². The summed E-state index contributed by atoms with van der Waals surface area (Å²) < 4.78 is 1.19. The van der Waals surface area contributed by atoms with Crippen LogP contribution in [0.3, 0.4) is 0 Å². The van der Waals surface area contributed by atoms with E-state index >= 15 is 0 Å². The van der Waals surface area contributed by atoms with Crippen molar-refractivity contribution in [2.45, 2.75) is 20.4 Å². The van der Waals surface area contributed by atoms with Gasteiger partial charge in [-0.1, -0.05) is 13.8 Å². The molecule has 7 heteroatoms. The molecule has 0 aromatic carbocycles. The van der Waals surface area contributed by atoms with Crippen LogP contribution in [-0.4, -0.2) is 25.1 Å². The van der Waals surface area contributed by atoms with Crippen molar-refractivity contribution in [3.8, 4) is 0 Å². The molecule has 0 aliphatic heterocycles. The second-order valence-corrected chi connectivity index (χ2v) is 2.81. The first kappa shape index (κ1) is 8.57. The van der Waals surface area contributed by atoms with Gasteiger partial charge in [-0.2, -0.15) is 0 Å². The molecule has 0 bridgehead atoms. The second-order valence-electron chi connectivity index (χ2n) is 2.81. The minimum Gasteiger partial charge on any atom is -0.390 e. The lowest BCUT2D eigenvalue weighted by Gasteiger charge is -1.99. The van der Waals surface area contributed by atoms with Crippen LogP contribution < -0.4 is 0 Å². The minimum atomic E-state index is -0.595. The predicted molar refractivity (Wildman–Crippen MR) is 39.3 cm³/mol. The summed E-state index contributed by atoms with van der Waals surface area (Å²) in [7, 11) is 0. The molecule has 0 spiro atoms. The maximum Gasteiger partial charge on any atom is 0.479 e. The van der Waals surface area contributed by atoms with Crippen LogP contribution in [0.15, 0.2) is 0 Å². The molecule has 66 valence electrons. The summed E-state index contributed by atoms with van der Waals surface area (Å²) in [5.41, 5.74) is 0. The van der Waals surface area contributed by atoms with Gasteiger partial charge in [-0.3, -0.25) is 0 Å². The normalized spacial score (nSPS) is 10.6. The Hall–Kier alpha value is -1.53. The molecule has 0 N–H and O–H groups in total. The molecule has 0 fully saturated rings. The summed E-state index contributed by atoms with van der Waals surface area (Å²) in [6.07, 6.45) is 0. The van der Waals surface area contributed by atoms with Gasteiger partial charge in [-0.15, -0.1) is 4.68 Å². The molecule has 1 aromatic heterocycles. The van der Waals surface area contributed by atoms with Crippen LogP contribution in [0, 0.1) is 16.0 Å². The molecule has 0 aliphatic carbocycles. The number of tetrazole rings is 1. The smallest absolute Gasteiger partial charge is 0.390 e. The zero-order valence-corrected chi connectivity index (χ0v) is 6.84. The molecule has 0 aliphatic rings. The van der Waals surface area contributed by atoms with E-state index in [-0.39, 0.29) is 11.9 Å². The number of nitro groups is 1. The topological polar surface area (TPSA) is 86.7 Å². The Morgan fingerprint density at radius 3 is 2.83 bits per heavy atom. The lowest BCUT2D eigenvalue weighted by molar-refractivity contribution is -0.397. The zero-order chi connectivity index (χ0) is 9.14. The van der Waals surface area contributed by atoms with Gasteiger partial charge in [-0.25, -0.2) is 0 Å². The van der Waals surface area contributed by atoms with Crippen LogP contribution in [0.1, 0.15) is 13.8 Å². The largest absolute Gasteiger partial charge is 0.479 e. The molecular formula is C5H9N5O2. The lowest BCUT2D eigenvalue weighted by Crippen LogP contribution is -2.09. The van der Waals surface area contributed by atoms with Crippen molar-refractivity contribution < 1.29 is 4.92 Å². The Kier molecular flexibility index (Phi) is 2.32. The van der Waals surface area contributed by atoms with Crippen LogP contribution in [0.2, 0.25) is 0 Å². The fourth-order valence-corrected chi connectivity index (χ4v) is 0.795. The molecule has 0 unspecified atom stereocenters. The molecular weight excluding hydrogens is 162 g/mol. The maximum absolute atomic E-state index is 10.3. The molecule has 12 heavy (non-hydrogen) atoms. The number of rotatable bonds is 3. The first-order valence-electron chi connectivity index (χ1n) is 3.52. The fourth-order valence-electron chi connectivity index (χ4n) is 0.795. The number of hydrogen-bond acceptors (Lipinski definition) is 5. The maximum atomic E-state index is 10.3. The molecule has 0 amide bonds. The van der Waals surface area contributed by atoms with E-state index in [1.165, 1.54) is 4.68 Å². The average molecular weight is 171 g/mol. The molecule has 0 saturated heterocycles. The monoisotopic (exact) mass is 171 g/mol. The summed E-state index contributed by atoms with van der Waals surface area (Å²) >= 11 is 0. The quantitative estimate of drug-likeness (QED) is 0.480. The molecule has 1 heterocycles. The van der Waals surface area contributed by atoms with E-state index in [0.717, 1.165) is 0 Å². The SMILES string of the molecule is CC(C)Cn1nnnc1[N+](=O)[O-]. The third-order valence-electron chi connectivity index (χ3n) is 1.21. The number of nitrogens with zero attached hydrogens (tertiary/aromatic N) is 5. The highest BCUT2D eigenvalue weighted by Gasteiger charge is 2.18. The van der Waals surface area contributed by atoms with Gasteiger partial charge < -0.3 is 10.1 Å². The lowest BCUT2D eigenvalue weighted by atomic mass is 10.2. The van der Waals surface area contributed by atoms with Gasteiger partial charge in [0.05, 0.1) is 16.9 Å². The molecule has 0 saturated carbocycles. The van der Waals surface area contributed by atoms with E-state index in [1.807, 2.05) is 13.8 Å². The molecule has 1 aromatic rings. The number of hydrogen-bond donors (Lipinski definition) is 0. The minimum absolute atomic E-state index is 0.284. The van der Waals surface area contributed by atoms with Gasteiger partial charge >= 0.3 is 5.95 Å². The Balaban J connectivity index is 2.84. The Morgan fingerprint density at radius 2 is 2.33 bits per heavy atom. The van der Waals surface area contributed by atoms with E-state index in [2.05, 4.69) is 15.5 Å². The third kappa shape index (κ3) is 1.74. The van der Waals surface area contributed by atoms with Crippen LogP contribution in [0.25, 0.3) is 0 Å². The first-order valence-corrected chi connectivity index (χ1v) is 3.52. The Labute approximate surface area is 68.5 Å². The highest BCUT2D eigenvalue weighted by Crippen LogP contribution is 2.05. The summed E-state index contributed by atoms with van der Waals surface area (Å²) in [6, 6.07) is 0. The third-order valence-corrected chi connectivity index (χ3v) is 1.21. The van der Waals surface area contributed by atoms with Gasteiger partial charge in [0.25, 0.3) is 0 Å². The Morgan fingerprint density at radius 1 is 1.67 bits per heavy atom. The summed E-state index contributed by atoms with van der Waals surface area (Å²) in [5.74, 6) is -0.0177. The summed E-state index contributed by atoms with van der Waals surface area (Å²) in [6.45, 7) is 4.33. The van der Waals surface area contributed by atoms with E-state index in [1.54, 1.807) is 0 Å². The number of aromatic nitrogens is 4. The van der Waals surface area contributed by atoms with E-state index in [4.69, 9.17) is 0 Å². The highest BCUT2D eigenvalue weighted by molar-refractivity contribution is 4.96. The average Bonchev–Trinajstić information content (AvgIpc) is 2.33.